The Morgan fingerprint density at radius 2 is 1.58 bits per heavy atom. The standard InChI is InChI=1S/C22H28N2O2/c1-18-8-3-5-10-20(18)23-13-15-24(16-14-23)22(25)12-7-17-26-21-11-6-4-9-19(21)2/h3-6,8-11H,7,12-17H2,1-2H3. The van der Waals surface area contributed by atoms with Crippen LogP contribution in [-0.4, -0.2) is 43.6 Å². The van der Waals surface area contributed by atoms with Crippen molar-refractivity contribution >= 4 is 11.6 Å². The molecule has 4 nitrogen and oxygen atoms in total. The Kier molecular flexibility index (Phi) is 6.16. The SMILES string of the molecule is Cc1ccccc1OCCCC(=O)N1CCN(c2ccccc2C)CC1. The van der Waals surface area contributed by atoms with E-state index in [9.17, 15) is 4.79 Å². The van der Waals surface area contributed by atoms with Crippen LogP contribution in [0.4, 0.5) is 5.69 Å². The van der Waals surface area contributed by atoms with Crippen LogP contribution in [0.25, 0.3) is 0 Å². The van der Waals surface area contributed by atoms with E-state index >= 15 is 0 Å². The number of ether oxygens (including phenoxy) is 1. The zero-order valence-electron chi connectivity index (χ0n) is 15.8. The van der Waals surface area contributed by atoms with Crippen molar-refractivity contribution in [2.75, 3.05) is 37.7 Å². The molecule has 0 aromatic heterocycles. The van der Waals surface area contributed by atoms with Crippen LogP contribution in [-0.2, 0) is 4.79 Å². The molecule has 0 spiro atoms. The number of piperazine rings is 1. The van der Waals surface area contributed by atoms with Gasteiger partial charge in [0.15, 0.2) is 0 Å². The number of anilines is 1. The maximum absolute atomic E-state index is 12.4. The van der Waals surface area contributed by atoms with E-state index < -0.39 is 0 Å². The highest BCUT2D eigenvalue weighted by Gasteiger charge is 2.21. The number of hydrogen-bond acceptors (Lipinski definition) is 3. The van der Waals surface area contributed by atoms with Gasteiger partial charge >= 0.3 is 0 Å². The first-order chi connectivity index (χ1) is 12.6. The zero-order chi connectivity index (χ0) is 18.4. The Morgan fingerprint density at radius 1 is 0.923 bits per heavy atom. The molecule has 3 rings (SSSR count). The third kappa shape index (κ3) is 4.57. The third-order valence-corrected chi connectivity index (χ3v) is 4.97. The van der Waals surface area contributed by atoms with Gasteiger partial charge in [-0.3, -0.25) is 4.79 Å². The second-order valence-corrected chi connectivity index (χ2v) is 6.87. The minimum atomic E-state index is 0.239. The van der Waals surface area contributed by atoms with Crippen LogP contribution in [0.2, 0.25) is 0 Å². The van der Waals surface area contributed by atoms with Gasteiger partial charge in [-0.1, -0.05) is 36.4 Å². The number of nitrogens with zero attached hydrogens (tertiary/aromatic N) is 2. The third-order valence-electron chi connectivity index (χ3n) is 4.97. The van der Waals surface area contributed by atoms with Gasteiger partial charge in [-0.2, -0.15) is 0 Å². The van der Waals surface area contributed by atoms with E-state index in [1.165, 1.54) is 11.3 Å². The van der Waals surface area contributed by atoms with E-state index in [-0.39, 0.29) is 5.91 Å². The number of para-hydroxylation sites is 2. The van der Waals surface area contributed by atoms with E-state index in [2.05, 4.69) is 36.1 Å². The number of carbonyl (C=O) groups is 1. The first-order valence-electron chi connectivity index (χ1n) is 9.42. The van der Waals surface area contributed by atoms with Gasteiger partial charge in [0.05, 0.1) is 6.61 Å². The lowest BCUT2D eigenvalue weighted by atomic mass is 10.1. The lowest BCUT2D eigenvalue weighted by Crippen LogP contribution is -2.49. The summed E-state index contributed by atoms with van der Waals surface area (Å²) >= 11 is 0. The summed E-state index contributed by atoms with van der Waals surface area (Å²) in [5.41, 5.74) is 3.71. The van der Waals surface area contributed by atoms with Crippen molar-refractivity contribution in [2.24, 2.45) is 0 Å². The summed E-state index contributed by atoms with van der Waals surface area (Å²) in [5, 5.41) is 0. The summed E-state index contributed by atoms with van der Waals surface area (Å²) in [7, 11) is 0. The minimum absolute atomic E-state index is 0.239. The molecule has 0 unspecified atom stereocenters. The molecule has 0 radical (unpaired) electrons. The van der Waals surface area contributed by atoms with Crippen molar-refractivity contribution in [3.05, 3.63) is 59.7 Å². The Morgan fingerprint density at radius 3 is 2.27 bits per heavy atom. The highest BCUT2D eigenvalue weighted by molar-refractivity contribution is 5.76. The Hall–Kier alpha value is -2.49. The fraction of sp³-hybridized carbons (Fsp3) is 0.409. The lowest BCUT2D eigenvalue weighted by molar-refractivity contribution is -0.131. The highest BCUT2D eigenvalue weighted by atomic mass is 16.5. The van der Waals surface area contributed by atoms with Crippen molar-refractivity contribution in [1.82, 2.24) is 4.90 Å². The Bertz CT molecular complexity index is 736. The monoisotopic (exact) mass is 352 g/mol. The molecule has 2 aromatic carbocycles. The smallest absolute Gasteiger partial charge is 0.222 e. The van der Waals surface area contributed by atoms with Crippen LogP contribution in [0, 0.1) is 13.8 Å². The number of benzene rings is 2. The molecule has 1 fully saturated rings. The van der Waals surface area contributed by atoms with Gasteiger partial charge in [-0.25, -0.2) is 0 Å². The quantitative estimate of drug-likeness (QED) is 0.741. The maximum Gasteiger partial charge on any atom is 0.222 e. The van der Waals surface area contributed by atoms with Crippen LogP contribution < -0.4 is 9.64 Å². The van der Waals surface area contributed by atoms with Gasteiger partial charge in [0, 0.05) is 38.3 Å². The van der Waals surface area contributed by atoms with Crippen molar-refractivity contribution in [3.63, 3.8) is 0 Å². The molecule has 1 aliphatic heterocycles. The first kappa shape index (κ1) is 18.3. The number of amides is 1. The van der Waals surface area contributed by atoms with Crippen LogP contribution in [0.15, 0.2) is 48.5 Å². The fourth-order valence-corrected chi connectivity index (χ4v) is 3.40. The largest absolute Gasteiger partial charge is 0.493 e. The van der Waals surface area contributed by atoms with E-state index in [1.807, 2.05) is 36.1 Å². The normalized spacial score (nSPS) is 14.4. The summed E-state index contributed by atoms with van der Waals surface area (Å²) in [6, 6.07) is 16.4. The second kappa shape index (κ2) is 8.75. The van der Waals surface area contributed by atoms with E-state index in [0.717, 1.165) is 43.9 Å². The maximum atomic E-state index is 12.4. The van der Waals surface area contributed by atoms with Gasteiger partial charge in [0.25, 0.3) is 0 Å². The average molecular weight is 352 g/mol. The average Bonchev–Trinajstić information content (AvgIpc) is 2.67. The van der Waals surface area contributed by atoms with E-state index in [1.54, 1.807) is 0 Å². The molecule has 138 valence electrons. The number of hydrogen-bond donors (Lipinski definition) is 0. The van der Waals surface area contributed by atoms with Crippen molar-refractivity contribution < 1.29 is 9.53 Å². The van der Waals surface area contributed by atoms with Gasteiger partial charge in [-0.05, 0) is 43.5 Å². The number of rotatable bonds is 6. The molecule has 1 amide bonds. The molecule has 1 saturated heterocycles. The molecule has 0 bridgehead atoms. The molecule has 0 saturated carbocycles. The fourth-order valence-electron chi connectivity index (χ4n) is 3.40. The predicted octanol–water partition coefficient (Wildman–Crippen LogP) is 3.81. The summed E-state index contributed by atoms with van der Waals surface area (Å²) in [4.78, 5) is 16.8. The number of aryl methyl sites for hydroxylation is 2. The van der Waals surface area contributed by atoms with E-state index in [4.69, 9.17) is 4.74 Å². The van der Waals surface area contributed by atoms with Gasteiger partial charge in [0.1, 0.15) is 5.75 Å². The molecular formula is C22H28N2O2. The topological polar surface area (TPSA) is 32.8 Å². The molecule has 1 heterocycles. The first-order valence-corrected chi connectivity index (χ1v) is 9.42. The second-order valence-electron chi connectivity index (χ2n) is 6.87. The molecule has 1 aliphatic rings. The summed E-state index contributed by atoms with van der Waals surface area (Å²) in [5.74, 6) is 1.15. The Labute approximate surface area is 156 Å². The molecule has 0 aliphatic carbocycles. The summed E-state index contributed by atoms with van der Waals surface area (Å²) in [6.07, 6.45) is 1.31. The number of carbonyl (C=O) groups excluding carboxylic acids is 1. The van der Waals surface area contributed by atoms with Crippen LogP contribution >= 0.6 is 0 Å². The van der Waals surface area contributed by atoms with Gasteiger partial charge in [-0.15, -0.1) is 0 Å². The van der Waals surface area contributed by atoms with Gasteiger partial charge in [0.2, 0.25) is 5.91 Å². The molecule has 26 heavy (non-hydrogen) atoms. The van der Waals surface area contributed by atoms with Gasteiger partial charge < -0.3 is 14.5 Å². The van der Waals surface area contributed by atoms with Crippen molar-refractivity contribution in [2.45, 2.75) is 26.7 Å². The van der Waals surface area contributed by atoms with Crippen LogP contribution in [0.5, 0.6) is 5.75 Å². The molecule has 0 atom stereocenters. The van der Waals surface area contributed by atoms with Crippen LogP contribution in [0.3, 0.4) is 0 Å². The Balaban J connectivity index is 1.40. The van der Waals surface area contributed by atoms with Crippen LogP contribution in [0.1, 0.15) is 24.0 Å². The lowest BCUT2D eigenvalue weighted by Gasteiger charge is -2.36. The predicted molar refractivity (Wildman–Crippen MR) is 106 cm³/mol. The highest BCUT2D eigenvalue weighted by Crippen LogP contribution is 2.21. The molecule has 0 N–H and O–H groups in total. The van der Waals surface area contributed by atoms with Crippen molar-refractivity contribution in [3.8, 4) is 5.75 Å². The minimum Gasteiger partial charge on any atom is -0.493 e. The van der Waals surface area contributed by atoms with Crippen molar-refractivity contribution in [1.29, 1.82) is 0 Å². The summed E-state index contributed by atoms with van der Waals surface area (Å²) < 4.78 is 5.78. The van der Waals surface area contributed by atoms with E-state index in [0.29, 0.717) is 13.0 Å². The summed E-state index contributed by atoms with van der Waals surface area (Å²) in [6.45, 7) is 8.15. The molecule has 2 aromatic rings. The molecular weight excluding hydrogens is 324 g/mol. The molecule has 4 heteroatoms. The zero-order valence-corrected chi connectivity index (χ0v) is 15.8.